The lowest BCUT2D eigenvalue weighted by Crippen LogP contribution is -2.49. The van der Waals surface area contributed by atoms with Crippen LogP contribution in [0.5, 0.6) is 0 Å². The molecule has 2 unspecified atom stereocenters. The highest BCUT2D eigenvalue weighted by Crippen LogP contribution is 2.42. The van der Waals surface area contributed by atoms with Crippen LogP contribution in [0.25, 0.3) is 0 Å². The van der Waals surface area contributed by atoms with Crippen molar-refractivity contribution >= 4 is 0 Å². The van der Waals surface area contributed by atoms with Crippen LogP contribution in [0.4, 0.5) is 0 Å². The van der Waals surface area contributed by atoms with E-state index in [9.17, 15) is 0 Å². The van der Waals surface area contributed by atoms with Gasteiger partial charge in [-0.3, -0.25) is 11.3 Å². The molecule has 21 heavy (non-hydrogen) atoms. The van der Waals surface area contributed by atoms with Crippen LogP contribution in [-0.2, 0) is 13.0 Å². The molecular formula is C16H31N5. The molecule has 0 radical (unpaired) electrons. The Hall–Kier alpha value is -0.940. The molecule has 1 heterocycles. The molecule has 0 saturated heterocycles. The first kappa shape index (κ1) is 16.4. The number of hydrogen-bond donors (Lipinski definition) is 2. The van der Waals surface area contributed by atoms with Gasteiger partial charge >= 0.3 is 0 Å². The zero-order valence-corrected chi connectivity index (χ0v) is 14.0. The van der Waals surface area contributed by atoms with E-state index in [0.717, 1.165) is 18.8 Å². The molecule has 5 heteroatoms. The molecule has 2 atom stereocenters. The van der Waals surface area contributed by atoms with Crippen LogP contribution in [0, 0.1) is 17.3 Å². The molecule has 1 aliphatic carbocycles. The minimum atomic E-state index is 0.274. The van der Waals surface area contributed by atoms with Gasteiger partial charge < -0.3 is 0 Å². The predicted molar refractivity (Wildman–Crippen MR) is 85.4 cm³/mol. The van der Waals surface area contributed by atoms with E-state index in [-0.39, 0.29) is 6.04 Å². The molecule has 0 aromatic carbocycles. The minimum absolute atomic E-state index is 0.274. The van der Waals surface area contributed by atoms with Gasteiger partial charge in [-0.2, -0.15) is 5.10 Å². The summed E-state index contributed by atoms with van der Waals surface area (Å²) in [5, 5.41) is 4.36. The summed E-state index contributed by atoms with van der Waals surface area (Å²) in [4.78, 5) is 4.46. The summed E-state index contributed by atoms with van der Waals surface area (Å²) in [5.41, 5.74) is 3.41. The van der Waals surface area contributed by atoms with Crippen molar-refractivity contribution in [1.82, 2.24) is 20.2 Å². The predicted octanol–water partition coefficient (Wildman–Crippen LogP) is 2.52. The maximum atomic E-state index is 5.89. The van der Waals surface area contributed by atoms with Crippen molar-refractivity contribution in [3.63, 3.8) is 0 Å². The van der Waals surface area contributed by atoms with Crippen LogP contribution in [-0.4, -0.2) is 20.8 Å². The number of rotatable bonds is 6. The van der Waals surface area contributed by atoms with Gasteiger partial charge in [0.15, 0.2) is 0 Å². The van der Waals surface area contributed by atoms with Crippen molar-refractivity contribution in [1.29, 1.82) is 0 Å². The standard InChI is InChI=1S/C16H31N5/c1-12(2)10-21-15(18-11-19-21)9-14(20-17)13-7-5-6-8-16(13,3)4/h11-14,20H,5-10,17H2,1-4H3. The molecule has 3 N–H and O–H groups in total. The third kappa shape index (κ3) is 4.04. The first-order chi connectivity index (χ1) is 9.94. The first-order valence-corrected chi connectivity index (χ1v) is 8.27. The number of aromatic nitrogens is 3. The average Bonchev–Trinajstić information content (AvgIpc) is 2.82. The van der Waals surface area contributed by atoms with Gasteiger partial charge in [0.1, 0.15) is 12.2 Å². The molecule has 0 bridgehead atoms. The Kier molecular flexibility index (Phi) is 5.38. The summed E-state index contributed by atoms with van der Waals surface area (Å²) in [5.74, 6) is 8.10. The summed E-state index contributed by atoms with van der Waals surface area (Å²) < 4.78 is 2.03. The molecule has 0 amide bonds. The molecule has 1 aliphatic rings. The second-order valence-electron chi connectivity index (χ2n) is 7.57. The van der Waals surface area contributed by atoms with E-state index < -0.39 is 0 Å². The molecule has 1 aromatic rings. The fourth-order valence-corrected chi connectivity index (χ4v) is 3.73. The van der Waals surface area contributed by atoms with Crippen LogP contribution in [0.15, 0.2) is 6.33 Å². The molecule has 0 aliphatic heterocycles. The lowest BCUT2D eigenvalue weighted by Gasteiger charge is -2.43. The highest BCUT2D eigenvalue weighted by molar-refractivity contribution is 4.96. The number of nitrogens with zero attached hydrogens (tertiary/aromatic N) is 3. The Morgan fingerprint density at radius 1 is 1.43 bits per heavy atom. The summed E-state index contributed by atoms with van der Waals surface area (Å²) in [6.45, 7) is 10.1. The van der Waals surface area contributed by atoms with E-state index in [4.69, 9.17) is 5.84 Å². The topological polar surface area (TPSA) is 68.8 Å². The Bertz CT molecular complexity index is 438. The van der Waals surface area contributed by atoms with Gasteiger partial charge in [0.25, 0.3) is 0 Å². The van der Waals surface area contributed by atoms with Gasteiger partial charge in [-0.05, 0) is 30.1 Å². The second-order valence-corrected chi connectivity index (χ2v) is 7.57. The quantitative estimate of drug-likeness (QED) is 0.624. The monoisotopic (exact) mass is 293 g/mol. The lowest BCUT2D eigenvalue weighted by atomic mass is 9.65. The fourth-order valence-electron chi connectivity index (χ4n) is 3.73. The molecule has 120 valence electrons. The second kappa shape index (κ2) is 6.88. The summed E-state index contributed by atoms with van der Waals surface area (Å²) in [6, 6.07) is 0.274. The maximum absolute atomic E-state index is 5.89. The van der Waals surface area contributed by atoms with E-state index in [1.165, 1.54) is 25.7 Å². The normalized spacial score (nSPS) is 23.4. The lowest BCUT2D eigenvalue weighted by molar-refractivity contribution is 0.0968. The number of nitrogens with two attached hydrogens (primary N) is 1. The number of hydrazine groups is 1. The summed E-state index contributed by atoms with van der Waals surface area (Å²) >= 11 is 0. The van der Waals surface area contributed by atoms with Gasteiger partial charge in [0, 0.05) is 19.0 Å². The molecule has 1 aromatic heterocycles. The van der Waals surface area contributed by atoms with Crippen molar-refractivity contribution in [2.75, 3.05) is 0 Å². The number of nitrogens with one attached hydrogen (secondary N) is 1. The highest BCUT2D eigenvalue weighted by atomic mass is 15.3. The highest BCUT2D eigenvalue weighted by Gasteiger charge is 2.37. The van der Waals surface area contributed by atoms with Gasteiger partial charge in [0.2, 0.25) is 0 Å². The van der Waals surface area contributed by atoms with Gasteiger partial charge in [-0.25, -0.2) is 9.67 Å². The van der Waals surface area contributed by atoms with Crippen molar-refractivity contribution < 1.29 is 0 Å². The van der Waals surface area contributed by atoms with E-state index in [1.54, 1.807) is 6.33 Å². The molecule has 1 fully saturated rings. The van der Waals surface area contributed by atoms with Crippen LogP contribution in [0.2, 0.25) is 0 Å². The Labute approximate surface area is 128 Å². The third-order valence-electron chi connectivity index (χ3n) is 4.93. The average molecular weight is 293 g/mol. The Balaban J connectivity index is 2.10. The van der Waals surface area contributed by atoms with Crippen molar-refractivity contribution in [2.45, 2.75) is 72.4 Å². The number of hydrogen-bond acceptors (Lipinski definition) is 4. The van der Waals surface area contributed by atoms with Crippen LogP contribution in [0.3, 0.4) is 0 Å². The molecule has 1 saturated carbocycles. The van der Waals surface area contributed by atoms with Crippen molar-refractivity contribution in [2.24, 2.45) is 23.1 Å². The van der Waals surface area contributed by atoms with Gasteiger partial charge in [-0.1, -0.05) is 40.5 Å². The van der Waals surface area contributed by atoms with E-state index in [2.05, 4.69) is 43.2 Å². The van der Waals surface area contributed by atoms with E-state index in [1.807, 2.05) is 4.68 Å². The zero-order valence-electron chi connectivity index (χ0n) is 14.0. The van der Waals surface area contributed by atoms with Gasteiger partial charge in [-0.15, -0.1) is 0 Å². The SMILES string of the molecule is CC(C)Cn1ncnc1CC(NN)C1CCCCC1(C)C. The smallest absolute Gasteiger partial charge is 0.138 e. The van der Waals surface area contributed by atoms with Crippen LogP contribution < -0.4 is 11.3 Å². The molecule has 0 spiro atoms. The molecular weight excluding hydrogens is 262 g/mol. The minimum Gasteiger partial charge on any atom is -0.271 e. The van der Waals surface area contributed by atoms with Crippen LogP contribution in [0.1, 0.15) is 59.2 Å². The Morgan fingerprint density at radius 2 is 2.19 bits per heavy atom. The largest absolute Gasteiger partial charge is 0.271 e. The van der Waals surface area contributed by atoms with Crippen LogP contribution >= 0.6 is 0 Å². The fraction of sp³-hybridized carbons (Fsp3) is 0.875. The van der Waals surface area contributed by atoms with Crippen molar-refractivity contribution in [3.05, 3.63) is 12.2 Å². The van der Waals surface area contributed by atoms with Gasteiger partial charge in [0.05, 0.1) is 0 Å². The molecule has 5 nitrogen and oxygen atoms in total. The first-order valence-electron chi connectivity index (χ1n) is 8.27. The third-order valence-corrected chi connectivity index (χ3v) is 4.93. The Morgan fingerprint density at radius 3 is 2.81 bits per heavy atom. The maximum Gasteiger partial charge on any atom is 0.138 e. The van der Waals surface area contributed by atoms with E-state index in [0.29, 0.717) is 17.3 Å². The van der Waals surface area contributed by atoms with Crippen molar-refractivity contribution in [3.8, 4) is 0 Å². The zero-order chi connectivity index (χ0) is 15.5. The summed E-state index contributed by atoms with van der Waals surface area (Å²) in [6.07, 6.45) is 7.71. The summed E-state index contributed by atoms with van der Waals surface area (Å²) in [7, 11) is 0. The van der Waals surface area contributed by atoms with E-state index >= 15 is 0 Å². The molecule has 2 rings (SSSR count).